The first-order chi connectivity index (χ1) is 12.8. The molecule has 1 aliphatic rings. The van der Waals surface area contributed by atoms with Gasteiger partial charge in [-0.3, -0.25) is 4.79 Å². The van der Waals surface area contributed by atoms with Crippen LogP contribution in [0.15, 0.2) is 48.9 Å². The number of anilines is 1. The number of thiazole rings is 1. The number of benzene rings is 1. The van der Waals surface area contributed by atoms with Crippen molar-refractivity contribution in [3.8, 4) is 5.69 Å². The molecule has 2 aromatic heterocycles. The highest BCUT2D eigenvalue weighted by molar-refractivity contribution is 7.15. The second kappa shape index (κ2) is 7.80. The average Bonchev–Trinajstić information content (AvgIpc) is 3.33. The summed E-state index contributed by atoms with van der Waals surface area (Å²) in [5, 5.41) is 11.3. The Morgan fingerprint density at radius 1 is 1.23 bits per heavy atom. The van der Waals surface area contributed by atoms with Gasteiger partial charge in [0.1, 0.15) is 0 Å². The first-order valence-corrected chi connectivity index (χ1v) is 9.65. The quantitative estimate of drug-likeness (QED) is 0.727. The fraction of sp³-hybridized carbons (Fsp3) is 0.316. The third-order valence-electron chi connectivity index (χ3n) is 4.53. The highest BCUT2D eigenvalue weighted by atomic mass is 32.1. The van der Waals surface area contributed by atoms with E-state index in [0.29, 0.717) is 11.0 Å². The Morgan fingerprint density at radius 3 is 2.85 bits per heavy atom. The van der Waals surface area contributed by atoms with Gasteiger partial charge in [-0.15, -0.1) is 11.3 Å². The van der Waals surface area contributed by atoms with Crippen molar-refractivity contribution in [3.05, 3.63) is 59.4 Å². The zero-order chi connectivity index (χ0) is 17.8. The van der Waals surface area contributed by atoms with E-state index >= 15 is 0 Å². The number of aromatic nitrogens is 3. The minimum Gasteiger partial charge on any atom is -0.317 e. The van der Waals surface area contributed by atoms with Gasteiger partial charge in [0.15, 0.2) is 5.13 Å². The molecule has 0 atom stereocenters. The van der Waals surface area contributed by atoms with Crippen LogP contribution in [0.1, 0.15) is 29.2 Å². The molecule has 1 fully saturated rings. The Bertz CT molecular complexity index is 867. The number of hydrogen-bond donors (Lipinski definition) is 2. The maximum Gasteiger partial charge on any atom is 0.230 e. The van der Waals surface area contributed by atoms with Crippen molar-refractivity contribution in [3.63, 3.8) is 0 Å². The molecule has 134 valence electrons. The van der Waals surface area contributed by atoms with Crippen LogP contribution < -0.4 is 10.6 Å². The summed E-state index contributed by atoms with van der Waals surface area (Å²) in [6, 6.07) is 9.86. The summed E-state index contributed by atoms with van der Waals surface area (Å²) in [6.45, 7) is 2.10. The van der Waals surface area contributed by atoms with Crippen molar-refractivity contribution in [1.29, 1.82) is 0 Å². The first kappa shape index (κ1) is 16.9. The molecule has 0 saturated carbocycles. The van der Waals surface area contributed by atoms with E-state index in [1.165, 1.54) is 4.88 Å². The predicted molar refractivity (Wildman–Crippen MR) is 103 cm³/mol. The molecule has 0 spiro atoms. The molecule has 3 aromatic rings. The molecule has 4 rings (SSSR count). The largest absolute Gasteiger partial charge is 0.317 e. The highest BCUT2D eigenvalue weighted by Gasteiger charge is 2.18. The molecule has 7 heteroatoms. The molecule has 0 unspecified atom stereocenters. The Kier molecular flexibility index (Phi) is 5.08. The zero-order valence-corrected chi connectivity index (χ0v) is 15.2. The Morgan fingerprint density at radius 2 is 2.04 bits per heavy atom. The molecule has 0 radical (unpaired) electrons. The van der Waals surface area contributed by atoms with E-state index in [9.17, 15) is 4.79 Å². The summed E-state index contributed by atoms with van der Waals surface area (Å²) >= 11 is 1.59. The van der Waals surface area contributed by atoms with Gasteiger partial charge in [0, 0.05) is 17.3 Å². The van der Waals surface area contributed by atoms with E-state index in [1.54, 1.807) is 22.2 Å². The van der Waals surface area contributed by atoms with Crippen LogP contribution in [0.4, 0.5) is 5.13 Å². The number of rotatable bonds is 5. The molecule has 0 aliphatic carbocycles. The molecule has 26 heavy (non-hydrogen) atoms. The van der Waals surface area contributed by atoms with E-state index < -0.39 is 0 Å². The lowest BCUT2D eigenvalue weighted by Crippen LogP contribution is -2.26. The second-order valence-corrected chi connectivity index (χ2v) is 7.51. The second-order valence-electron chi connectivity index (χ2n) is 6.45. The third kappa shape index (κ3) is 4.00. The Labute approximate surface area is 156 Å². The summed E-state index contributed by atoms with van der Waals surface area (Å²) in [5.74, 6) is 0.493. The maximum atomic E-state index is 12.3. The van der Waals surface area contributed by atoms with Gasteiger partial charge in [0.25, 0.3) is 0 Å². The van der Waals surface area contributed by atoms with Gasteiger partial charge >= 0.3 is 0 Å². The van der Waals surface area contributed by atoms with Crippen LogP contribution in [-0.4, -0.2) is 33.8 Å². The van der Waals surface area contributed by atoms with Crippen molar-refractivity contribution < 1.29 is 4.79 Å². The van der Waals surface area contributed by atoms with Crippen molar-refractivity contribution in [2.24, 2.45) is 0 Å². The van der Waals surface area contributed by atoms with E-state index in [1.807, 2.05) is 42.7 Å². The highest BCUT2D eigenvalue weighted by Crippen LogP contribution is 2.31. The SMILES string of the molecule is O=C(Cc1cnn(-c2ccccc2)c1)Nc1ncc(C2CCNCC2)s1. The zero-order valence-electron chi connectivity index (χ0n) is 14.4. The topological polar surface area (TPSA) is 71.8 Å². The van der Waals surface area contributed by atoms with Crippen LogP contribution in [0.5, 0.6) is 0 Å². The Balaban J connectivity index is 1.36. The first-order valence-electron chi connectivity index (χ1n) is 8.83. The van der Waals surface area contributed by atoms with Gasteiger partial charge in [0.2, 0.25) is 5.91 Å². The maximum absolute atomic E-state index is 12.3. The fourth-order valence-corrected chi connectivity index (χ4v) is 4.16. The normalized spacial score (nSPS) is 15.1. The van der Waals surface area contributed by atoms with Crippen LogP contribution in [0, 0.1) is 0 Å². The van der Waals surface area contributed by atoms with Crippen LogP contribution in [0.25, 0.3) is 5.69 Å². The van der Waals surface area contributed by atoms with Gasteiger partial charge in [-0.25, -0.2) is 9.67 Å². The number of carbonyl (C=O) groups excluding carboxylic acids is 1. The average molecular weight is 367 g/mol. The molecule has 1 aliphatic heterocycles. The Hall–Kier alpha value is -2.51. The lowest BCUT2D eigenvalue weighted by molar-refractivity contribution is -0.115. The van der Waals surface area contributed by atoms with Crippen LogP contribution in [-0.2, 0) is 11.2 Å². The van der Waals surface area contributed by atoms with Gasteiger partial charge in [-0.1, -0.05) is 18.2 Å². The summed E-state index contributed by atoms with van der Waals surface area (Å²) in [4.78, 5) is 18.0. The van der Waals surface area contributed by atoms with Gasteiger partial charge in [0.05, 0.1) is 18.3 Å². The molecule has 3 heterocycles. The minimum absolute atomic E-state index is 0.0659. The molecule has 0 bridgehead atoms. The van der Waals surface area contributed by atoms with Crippen molar-refractivity contribution in [1.82, 2.24) is 20.1 Å². The number of nitrogens with one attached hydrogen (secondary N) is 2. The molecular formula is C19H21N5OS. The van der Waals surface area contributed by atoms with Crippen molar-refractivity contribution >= 4 is 22.4 Å². The van der Waals surface area contributed by atoms with E-state index in [-0.39, 0.29) is 12.3 Å². The van der Waals surface area contributed by atoms with Crippen LogP contribution in [0.3, 0.4) is 0 Å². The van der Waals surface area contributed by atoms with Gasteiger partial charge < -0.3 is 10.6 Å². The smallest absolute Gasteiger partial charge is 0.230 e. The number of hydrogen-bond acceptors (Lipinski definition) is 5. The third-order valence-corrected chi connectivity index (χ3v) is 5.61. The fourth-order valence-electron chi connectivity index (χ4n) is 3.16. The van der Waals surface area contributed by atoms with E-state index in [2.05, 4.69) is 20.7 Å². The summed E-state index contributed by atoms with van der Waals surface area (Å²) in [7, 11) is 0. The van der Waals surface area contributed by atoms with Crippen molar-refractivity contribution in [2.75, 3.05) is 18.4 Å². The number of amides is 1. The van der Waals surface area contributed by atoms with E-state index in [4.69, 9.17) is 0 Å². The molecule has 2 N–H and O–H groups in total. The summed E-state index contributed by atoms with van der Waals surface area (Å²) < 4.78 is 1.78. The number of nitrogens with zero attached hydrogens (tertiary/aromatic N) is 3. The predicted octanol–water partition coefficient (Wildman–Crippen LogP) is 2.98. The van der Waals surface area contributed by atoms with Crippen molar-refractivity contribution in [2.45, 2.75) is 25.2 Å². The van der Waals surface area contributed by atoms with Crippen LogP contribution in [0.2, 0.25) is 0 Å². The van der Waals surface area contributed by atoms with E-state index in [0.717, 1.165) is 37.2 Å². The van der Waals surface area contributed by atoms with Gasteiger partial charge in [-0.05, 0) is 49.5 Å². The standard InChI is InChI=1S/C19H21N5OS/c25-18(10-14-11-22-24(13-14)16-4-2-1-3-5-16)23-19-21-12-17(26-19)15-6-8-20-9-7-15/h1-5,11-13,15,20H,6-10H2,(H,21,23,25). The van der Waals surface area contributed by atoms with Gasteiger partial charge in [-0.2, -0.15) is 5.10 Å². The monoisotopic (exact) mass is 367 g/mol. The minimum atomic E-state index is -0.0659. The lowest BCUT2D eigenvalue weighted by Gasteiger charge is -2.20. The van der Waals surface area contributed by atoms with Crippen LogP contribution >= 0.6 is 11.3 Å². The molecular weight excluding hydrogens is 346 g/mol. The molecule has 1 saturated heterocycles. The number of para-hydroxylation sites is 1. The molecule has 6 nitrogen and oxygen atoms in total. The molecule has 1 aromatic carbocycles. The number of piperidine rings is 1. The summed E-state index contributed by atoms with van der Waals surface area (Å²) in [5.41, 5.74) is 1.85. The summed E-state index contributed by atoms with van der Waals surface area (Å²) in [6.07, 6.45) is 8.08. The number of carbonyl (C=O) groups is 1. The molecule has 1 amide bonds. The lowest BCUT2D eigenvalue weighted by atomic mass is 9.97.